The van der Waals surface area contributed by atoms with Gasteiger partial charge in [0.1, 0.15) is 5.69 Å². The van der Waals surface area contributed by atoms with Crippen LogP contribution in [0.1, 0.15) is 22.8 Å². The Bertz CT molecular complexity index is 482. The fourth-order valence-corrected chi connectivity index (χ4v) is 2.05. The van der Waals surface area contributed by atoms with Crippen molar-refractivity contribution in [2.45, 2.75) is 13.3 Å². The van der Waals surface area contributed by atoms with Gasteiger partial charge < -0.3 is 4.90 Å². The van der Waals surface area contributed by atoms with Crippen molar-refractivity contribution in [2.24, 2.45) is 0 Å². The predicted molar refractivity (Wildman–Crippen MR) is 60.1 cm³/mol. The summed E-state index contributed by atoms with van der Waals surface area (Å²) in [5.74, 6) is -0.138. The standard InChI is InChI=1S/C11H12N2O3/c1-7(14)9-5-8-3-4-12(2)11(8)10(6-9)13(15)16/h5-6H,3-4H2,1-2H3. The molecule has 1 aliphatic heterocycles. The minimum Gasteiger partial charge on any atom is -0.368 e. The second-order valence-corrected chi connectivity index (χ2v) is 3.99. The predicted octanol–water partition coefficient (Wildman–Crippen LogP) is 1.79. The third-order valence-electron chi connectivity index (χ3n) is 2.87. The Morgan fingerprint density at radius 3 is 2.75 bits per heavy atom. The number of carbonyl (C=O) groups is 1. The second-order valence-electron chi connectivity index (χ2n) is 3.99. The fraction of sp³-hybridized carbons (Fsp3) is 0.364. The molecule has 0 aliphatic carbocycles. The molecule has 0 radical (unpaired) electrons. The molecule has 0 N–H and O–H groups in total. The van der Waals surface area contributed by atoms with Gasteiger partial charge in [0, 0.05) is 25.2 Å². The summed E-state index contributed by atoms with van der Waals surface area (Å²) in [6.07, 6.45) is 0.758. The van der Waals surface area contributed by atoms with E-state index in [1.54, 1.807) is 6.07 Å². The number of benzene rings is 1. The molecule has 0 aromatic heterocycles. The quantitative estimate of drug-likeness (QED) is 0.433. The summed E-state index contributed by atoms with van der Waals surface area (Å²) in [6.45, 7) is 2.18. The van der Waals surface area contributed by atoms with Gasteiger partial charge in [-0.05, 0) is 25.0 Å². The van der Waals surface area contributed by atoms with Crippen molar-refractivity contribution in [3.8, 4) is 0 Å². The molecule has 0 spiro atoms. The minimum absolute atomic E-state index is 0.0303. The molecule has 0 unspecified atom stereocenters. The van der Waals surface area contributed by atoms with Gasteiger partial charge in [-0.15, -0.1) is 0 Å². The number of Topliss-reactive ketones (excluding diaryl/α,β-unsaturated/α-hetero) is 1. The van der Waals surface area contributed by atoms with Crippen LogP contribution >= 0.6 is 0 Å². The van der Waals surface area contributed by atoms with E-state index in [9.17, 15) is 14.9 Å². The molecule has 0 saturated heterocycles. The molecular weight excluding hydrogens is 208 g/mol. The summed E-state index contributed by atoms with van der Waals surface area (Å²) in [5.41, 5.74) is 1.99. The summed E-state index contributed by atoms with van der Waals surface area (Å²) >= 11 is 0. The zero-order chi connectivity index (χ0) is 11.9. The molecule has 1 aromatic rings. The first-order chi connectivity index (χ1) is 7.50. The average Bonchev–Trinajstić information content (AvgIpc) is 2.59. The third-order valence-corrected chi connectivity index (χ3v) is 2.87. The van der Waals surface area contributed by atoms with Crippen molar-refractivity contribution in [1.29, 1.82) is 0 Å². The summed E-state index contributed by atoms with van der Waals surface area (Å²) < 4.78 is 0. The lowest BCUT2D eigenvalue weighted by Gasteiger charge is -2.12. The maximum absolute atomic E-state index is 11.3. The first kappa shape index (κ1) is 10.6. The zero-order valence-electron chi connectivity index (χ0n) is 9.19. The molecule has 0 saturated carbocycles. The smallest absolute Gasteiger partial charge is 0.293 e. The van der Waals surface area contributed by atoms with Crippen LogP contribution in [-0.4, -0.2) is 24.3 Å². The lowest BCUT2D eigenvalue weighted by atomic mass is 10.0. The zero-order valence-corrected chi connectivity index (χ0v) is 9.19. The third kappa shape index (κ3) is 1.54. The Labute approximate surface area is 92.8 Å². The molecule has 5 nitrogen and oxygen atoms in total. The number of hydrogen-bond acceptors (Lipinski definition) is 4. The number of carbonyl (C=O) groups excluding carboxylic acids is 1. The van der Waals surface area contributed by atoms with Gasteiger partial charge in [0.05, 0.1) is 4.92 Å². The van der Waals surface area contributed by atoms with Gasteiger partial charge in [0.25, 0.3) is 5.69 Å². The van der Waals surface area contributed by atoms with Crippen LogP contribution in [0.4, 0.5) is 11.4 Å². The lowest BCUT2D eigenvalue weighted by Crippen LogP contribution is -2.14. The SMILES string of the molecule is CC(=O)c1cc2c(c([N+](=O)[O-])c1)N(C)CC2. The van der Waals surface area contributed by atoms with Crippen molar-refractivity contribution in [2.75, 3.05) is 18.5 Å². The van der Waals surface area contributed by atoms with Crippen LogP contribution in [0.5, 0.6) is 0 Å². The topological polar surface area (TPSA) is 63.4 Å². The van der Waals surface area contributed by atoms with Crippen LogP contribution in [0.15, 0.2) is 12.1 Å². The molecule has 0 amide bonds. The van der Waals surface area contributed by atoms with Crippen molar-refractivity contribution in [3.05, 3.63) is 33.4 Å². The number of hydrogen-bond donors (Lipinski definition) is 0. The maximum atomic E-state index is 11.3. The monoisotopic (exact) mass is 220 g/mol. The van der Waals surface area contributed by atoms with Crippen molar-refractivity contribution >= 4 is 17.2 Å². The number of nitro benzene ring substituents is 1. The molecular formula is C11H12N2O3. The van der Waals surface area contributed by atoms with E-state index in [2.05, 4.69) is 0 Å². The molecule has 1 heterocycles. The maximum Gasteiger partial charge on any atom is 0.293 e. The number of fused-ring (bicyclic) bond motifs is 1. The fourth-order valence-electron chi connectivity index (χ4n) is 2.05. The van der Waals surface area contributed by atoms with Crippen LogP contribution in [0.3, 0.4) is 0 Å². The van der Waals surface area contributed by atoms with Gasteiger partial charge in [-0.1, -0.05) is 0 Å². The van der Waals surface area contributed by atoms with Crippen LogP contribution in [-0.2, 0) is 6.42 Å². The highest BCUT2D eigenvalue weighted by Crippen LogP contribution is 2.37. The highest BCUT2D eigenvalue weighted by Gasteiger charge is 2.27. The Balaban J connectivity index is 2.66. The van der Waals surface area contributed by atoms with Crippen molar-refractivity contribution in [1.82, 2.24) is 0 Å². The molecule has 0 atom stereocenters. The Morgan fingerprint density at radius 2 is 2.19 bits per heavy atom. The van der Waals surface area contributed by atoms with Gasteiger partial charge in [0.2, 0.25) is 0 Å². The molecule has 2 rings (SSSR count). The number of likely N-dealkylation sites (N-methyl/N-ethyl adjacent to an activating group) is 1. The minimum atomic E-state index is -0.424. The molecule has 84 valence electrons. The average molecular weight is 220 g/mol. The Morgan fingerprint density at radius 1 is 1.50 bits per heavy atom. The first-order valence-corrected chi connectivity index (χ1v) is 5.04. The summed E-state index contributed by atoms with van der Waals surface area (Å²) in [4.78, 5) is 23.6. The second kappa shape index (κ2) is 3.59. The molecule has 0 fully saturated rings. The summed E-state index contributed by atoms with van der Waals surface area (Å²) in [5, 5.41) is 10.9. The van der Waals surface area contributed by atoms with Gasteiger partial charge in [-0.25, -0.2) is 0 Å². The van der Waals surface area contributed by atoms with Crippen LogP contribution < -0.4 is 4.90 Å². The molecule has 5 heteroatoms. The number of nitro groups is 1. The van der Waals surface area contributed by atoms with E-state index in [1.807, 2.05) is 11.9 Å². The Hall–Kier alpha value is -1.91. The van der Waals surface area contributed by atoms with Gasteiger partial charge in [0.15, 0.2) is 5.78 Å². The lowest BCUT2D eigenvalue weighted by molar-refractivity contribution is -0.384. The molecule has 16 heavy (non-hydrogen) atoms. The van der Waals surface area contributed by atoms with Gasteiger partial charge >= 0.3 is 0 Å². The Kier molecular flexibility index (Phi) is 2.38. The van der Waals surface area contributed by atoms with E-state index in [1.165, 1.54) is 13.0 Å². The summed E-state index contributed by atoms with van der Waals surface area (Å²) in [7, 11) is 1.83. The van der Waals surface area contributed by atoms with Gasteiger partial charge in [-0.2, -0.15) is 0 Å². The molecule has 0 bridgehead atoms. The highest BCUT2D eigenvalue weighted by molar-refractivity contribution is 5.96. The van der Waals surface area contributed by atoms with E-state index in [0.717, 1.165) is 18.5 Å². The van der Waals surface area contributed by atoms with Gasteiger partial charge in [-0.3, -0.25) is 14.9 Å². The number of nitrogens with zero attached hydrogens (tertiary/aromatic N) is 2. The highest BCUT2D eigenvalue weighted by atomic mass is 16.6. The van der Waals surface area contributed by atoms with E-state index < -0.39 is 4.92 Å². The largest absolute Gasteiger partial charge is 0.368 e. The number of anilines is 1. The van der Waals surface area contributed by atoms with Crippen molar-refractivity contribution in [3.63, 3.8) is 0 Å². The molecule has 1 aromatic carbocycles. The summed E-state index contributed by atoms with van der Waals surface area (Å²) in [6, 6.07) is 3.12. The molecule has 1 aliphatic rings. The van der Waals surface area contributed by atoms with Crippen LogP contribution in [0.25, 0.3) is 0 Å². The van der Waals surface area contributed by atoms with E-state index in [4.69, 9.17) is 0 Å². The van der Waals surface area contributed by atoms with E-state index in [0.29, 0.717) is 11.3 Å². The number of rotatable bonds is 2. The van der Waals surface area contributed by atoms with Crippen molar-refractivity contribution < 1.29 is 9.72 Å². The van der Waals surface area contributed by atoms with E-state index >= 15 is 0 Å². The van der Waals surface area contributed by atoms with Crippen LogP contribution in [0.2, 0.25) is 0 Å². The number of ketones is 1. The van der Waals surface area contributed by atoms with E-state index in [-0.39, 0.29) is 11.5 Å². The van der Waals surface area contributed by atoms with Crippen LogP contribution in [0, 0.1) is 10.1 Å². The normalized spacial score (nSPS) is 13.8. The first-order valence-electron chi connectivity index (χ1n) is 5.04.